The van der Waals surface area contributed by atoms with Gasteiger partial charge in [-0.25, -0.2) is 9.78 Å². The van der Waals surface area contributed by atoms with Gasteiger partial charge in [-0.2, -0.15) is 0 Å². The van der Waals surface area contributed by atoms with Crippen LogP contribution in [0.1, 0.15) is 28.0 Å². The molecular formula is C20H18N2O2S. The number of thiazole rings is 1. The minimum atomic E-state index is -0.983. The van der Waals surface area contributed by atoms with Crippen LogP contribution in [0.4, 0.5) is 5.69 Å². The van der Waals surface area contributed by atoms with E-state index in [2.05, 4.69) is 46.3 Å². The predicted octanol–water partition coefficient (Wildman–Crippen LogP) is 4.46. The SMILES string of the molecule is O=C(O)c1csc(-c2ccc(CN3CCCc4ccccc43)cc2)n1. The third-order valence-corrected chi connectivity index (χ3v) is 5.40. The highest BCUT2D eigenvalue weighted by Gasteiger charge is 2.16. The molecule has 126 valence electrons. The van der Waals surface area contributed by atoms with Crippen LogP contribution in [0, 0.1) is 0 Å². The summed E-state index contributed by atoms with van der Waals surface area (Å²) in [5.74, 6) is -0.983. The van der Waals surface area contributed by atoms with Gasteiger partial charge < -0.3 is 10.0 Å². The molecule has 4 nitrogen and oxygen atoms in total. The average Bonchev–Trinajstić information content (AvgIpc) is 3.13. The fraction of sp³-hybridized carbons (Fsp3) is 0.200. The Labute approximate surface area is 150 Å². The van der Waals surface area contributed by atoms with Crippen molar-refractivity contribution >= 4 is 23.0 Å². The number of nitrogens with zero attached hydrogens (tertiary/aromatic N) is 2. The maximum absolute atomic E-state index is 11.0. The predicted molar refractivity (Wildman–Crippen MR) is 100 cm³/mol. The first-order valence-corrected chi connectivity index (χ1v) is 9.19. The van der Waals surface area contributed by atoms with Crippen LogP contribution in [0.3, 0.4) is 0 Å². The molecule has 2 aromatic carbocycles. The van der Waals surface area contributed by atoms with Crippen molar-refractivity contribution in [3.05, 3.63) is 70.7 Å². The van der Waals surface area contributed by atoms with Crippen LogP contribution in [-0.4, -0.2) is 22.6 Å². The first kappa shape index (κ1) is 15.8. The van der Waals surface area contributed by atoms with Crippen molar-refractivity contribution in [2.45, 2.75) is 19.4 Å². The number of hydrogen-bond acceptors (Lipinski definition) is 4. The largest absolute Gasteiger partial charge is 0.476 e. The smallest absolute Gasteiger partial charge is 0.355 e. The number of carbonyl (C=O) groups is 1. The Bertz CT molecular complexity index is 902. The van der Waals surface area contributed by atoms with E-state index in [1.807, 2.05) is 12.1 Å². The average molecular weight is 350 g/mol. The van der Waals surface area contributed by atoms with Crippen LogP contribution in [0.15, 0.2) is 53.9 Å². The minimum Gasteiger partial charge on any atom is -0.476 e. The molecule has 1 aliphatic heterocycles. The third-order valence-electron chi connectivity index (χ3n) is 4.50. The number of aromatic nitrogens is 1. The van der Waals surface area contributed by atoms with Crippen LogP contribution in [0.5, 0.6) is 0 Å². The molecule has 0 spiro atoms. The molecule has 1 aliphatic rings. The summed E-state index contributed by atoms with van der Waals surface area (Å²) in [5, 5.41) is 11.3. The van der Waals surface area contributed by atoms with E-state index in [0.29, 0.717) is 0 Å². The van der Waals surface area contributed by atoms with Gasteiger partial charge in [0.1, 0.15) is 5.01 Å². The highest BCUT2D eigenvalue weighted by molar-refractivity contribution is 7.13. The summed E-state index contributed by atoms with van der Waals surface area (Å²) in [5.41, 5.74) is 5.07. The quantitative estimate of drug-likeness (QED) is 0.755. The second kappa shape index (κ2) is 6.69. The molecule has 0 aliphatic carbocycles. The molecule has 3 aromatic rings. The molecule has 2 heterocycles. The lowest BCUT2D eigenvalue weighted by Gasteiger charge is -2.31. The molecule has 0 bridgehead atoms. The second-order valence-electron chi connectivity index (χ2n) is 6.19. The molecule has 5 heteroatoms. The summed E-state index contributed by atoms with van der Waals surface area (Å²) < 4.78 is 0. The van der Waals surface area contributed by atoms with Crippen molar-refractivity contribution < 1.29 is 9.90 Å². The minimum absolute atomic E-state index is 0.106. The van der Waals surface area contributed by atoms with Gasteiger partial charge in [0.15, 0.2) is 5.69 Å². The summed E-state index contributed by atoms with van der Waals surface area (Å²) in [4.78, 5) is 17.6. The van der Waals surface area contributed by atoms with Gasteiger partial charge in [0.2, 0.25) is 0 Å². The van der Waals surface area contributed by atoms with E-state index < -0.39 is 5.97 Å². The van der Waals surface area contributed by atoms with Gasteiger partial charge in [0.25, 0.3) is 0 Å². The van der Waals surface area contributed by atoms with Crippen molar-refractivity contribution in [1.82, 2.24) is 4.98 Å². The van der Waals surface area contributed by atoms with Crippen LogP contribution < -0.4 is 4.90 Å². The fourth-order valence-corrected chi connectivity index (χ4v) is 4.05. The lowest BCUT2D eigenvalue weighted by atomic mass is 10.0. The van der Waals surface area contributed by atoms with E-state index in [0.717, 1.165) is 30.1 Å². The number of hydrogen-bond donors (Lipinski definition) is 1. The normalized spacial score (nSPS) is 13.5. The molecule has 0 amide bonds. The monoisotopic (exact) mass is 350 g/mol. The number of rotatable bonds is 4. The number of carboxylic acids is 1. The number of anilines is 1. The number of benzene rings is 2. The van der Waals surface area contributed by atoms with Crippen LogP contribution >= 0.6 is 11.3 Å². The second-order valence-corrected chi connectivity index (χ2v) is 7.05. The number of aromatic carboxylic acids is 1. The van der Waals surface area contributed by atoms with Gasteiger partial charge in [-0.1, -0.05) is 42.5 Å². The molecule has 0 atom stereocenters. The van der Waals surface area contributed by atoms with E-state index in [1.165, 1.54) is 34.6 Å². The van der Waals surface area contributed by atoms with E-state index in [4.69, 9.17) is 5.11 Å². The summed E-state index contributed by atoms with van der Waals surface area (Å²) >= 11 is 1.36. The Kier molecular flexibility index (Phi) is 4.24. The van der Waals surface area contributed by atoms with Gasteiger partial charge in [-0.05, 0) is 30.0 Å². The molecule has 0 saturated carbocycles. The topological polar surface area (TPSA) is 53.4 Å². The van der Waals surface area contributed by atoms with Gasteiger partial charge in [0, 0.05) is 29.7 Å². The Morgan fingerprint density at radius 1 is 1.16 bits per heavy atom. The zero-order valence-corrected chi connectivity index (χ0v) is 14.5. The molecule has 0 radical (unpaired) electrons. The summed E-state index contributed by atoms with van der Waals surface area (Å²) in [6, 6.07) is 16.9. The van der Waals surface area contributed by atoms with E-state index >= 15 is 0 Å². The molecule has 0 unspecified atom stereocenters. The number of carboxylic acid groups (broad SMARTS) is 1. The Hall–Kier alpha value is -2.66. The molecule has 1 N–H and O–H groups in total. The zero-order chi connectivity index (χ0) is 17.2. The van der Waals surface area contributed by atoms with Crippen LogP contribution in [0.2, 0.25) is 0 Å². The highest BCUT2D eigenvalue weighted by Crippen LogP contribution is 2.29. The van der Waals surface area contributed by atoms with Crippen molar-refractivity contribution in [2.24, 2.45) is 0 Å². The van der Waals surface area contributed by atoms with Crippen LogP contribution in [0.25, 0.3) is 10.6 Å². The molecule has 0 saturated heterocycles. The number of aryl methyl sites for hydroxylation is 1. The van der Waals surface area contributed by atoms with Crippen molar-refractivity contribution in [3.8, 4) is 10.6 Å². The van der Waals surface area contributed by atoms with E-state index in [-0.39, 0.29) is 5.69 Å². The van der Waals surface area contributed by atoms with Gasteiger partial charge in [0.05, 0.1) is 0 Å². The van der Waals surface area contributed by atoms with Crippen molar-refractivity contribution in [1.29, 1.82) is 0 Å². The summed E-state index contributed by atoms with van der Waals surface area (Å²) in [6.45, 7) is 1.96. The molecule has 0 fully saturated rings. The molecule has 1 aromatic heterocycles. The third kappa shape index (κ3) is 3.28. The number of fused-ring (bicyclic) bond motifs is 1. The Morgan fingerprint density at radius 2 is 1.96 bits per heavy atom. The fourth-order valence-electron chi connectivity index (χ4n) is 3.25. The van der Waals surface area contributed by atoms with Crippen molar-refractivity contribution in [3.63, 3.8) is 0 Å². The maximum atomic E-state index is 11.0. The lowest BCUT2D eigenvalue weighted by molar-refractivity contribution is 0.0691. The highest BCUT2D eigenvalue weighted by atomic mass is 32.1. The molecule has 25 heavy (non-hydrogen) atoms. The summed E-state index contributed by atoms with van der Waals surface area (Å²) in [6.07, 6.45) is 2.34. The first-order valence-electron chi connectivity index (χ1n) is 8.32. The zero-order valence-electron chi connectivity index (χ0n) is 13.7. The van der Waals surface area contributed by atoms with Gasteiger partial charge in [-0.3, -0.25) is 0 Å². The maximum Gasteiger partial charge on any atom is 0.355 e. The Morgan fingerprint density at radius 3 is 2.72 bits per heavy atom. The van der Waals surface area contributed by atoms with E-state index in [9.17, 15) is 4.79 Å². The van der Waals surface area contributed by atoms with E-state index in [1.54, 1.807) is 5.38 Å². The van der Waals surface area contributed by atoms with Gasteiger partial charge in [-0.15, -0.1) is 11.3 Å². The summed E-state index contributed by atoms with van der Waals surface area (Å²) in [7, 11) is 0. The molecule has 4 rings (SSSR count). The first-order chi connectivity index (χ1) is 12.2. The Balaban J connectivity index is 1.52. The standard InChI is InChI=1S/C20H18N2O2S/c23-20(24)17-13-25-19(21-17)16-9-7-14(8-10-16)12-22-11-3-5-15-4-1-2-6-18(15)22/h1-2,4,6-10,13H,3,5,11-12H2,(H,23,24). The molecular weight excluding hydrogens is 332 g/mol. The lowest BCUT2D eigenvalue weighted by Crippen LogP contribution is -2.28. The van der Waals surface area contributed by atoms with Gasteiger partial charge >= 0.3 is 5.97 Å². The van der Waals surface area contributed by atoms with Crippen molar-refractivity contribution in [2.75, 3.05) is 11.4 Å². The van der Waals surface area contributed by atoms with Crippen LogP contribution in [-0.2, 0) is 13.0 Å². The number of para-hydroxylation sites is 1.